The summed E-state index contributed by atoms with van der Waals surface area (Å²) in [6, 6.07) is 7.86. The van der Waals surface area contributed by atoms with Gasteiger partial charge >= 0.3 is 0 Å². The highest BCUT2D eigenvalue weighted by molar-refractivity contribution is 5.62. The number of nitrogens with zero attached hydrogens (tertiary/aromatic N) is 1. The van der Waals surface area contributed by atoms with E-state index in [1.165, 1.54) is 0 Å². The van der Waals surface area contributed by atoms with Gasteiger partial charge in [0.15, 0.2) is 5.76 Å². The fourth-order valence-corrected chi connectivity index (χ4v) is 2.01. The number of hydrogen-bond acceptors (Lipinski definition) is 4. The van der Waals surface area contributed by atoms with Crippen molar-refractivity contribution < 1.29 is 9.26 Å². The molecule has 0 aliphatic rings. The number of aromatic nitrogens is 1. The van der Waals surface area contributed by atoms with Crippen molar-refractivity contribution in [3.05, 3.63) is 35.5 Å². The molecule has 0 unspecified atom stereocenters. The molecule has 0 amide bonds. The SMILES string of the molecule is Cc1noc(-c2ccc(OC(C)C)cc2)c1CCN. The van der Waals surface area contributed by atoms with E-state index >= 15 is 0 Å². The molecule has 0 radical (unpaired) electrons. The van der Waals surface area contributed by atoms with Crippen molar-refractivity contribution in [3.63, 3.8) is 0 Å². The molecule has 0 bridgehead atoms. The van der Waals surface area contributed by atoms with Gasteiger partial charge < -0.3 is 15.0 Å². The first-order valence-electron chi connectivity index (χ1n) is 6.54. The smallest absolute Gasteiger partial charge is 0.170 e. The van der Waals surface area contributed by atoms with E-state index in [1.54, 1.807) is 0 Å². The Bertz CT molecular complexity index is 530. The normalized spacial score (nSPS) is 11.0. The van der Waals surface area contributed by atoms with Gasteiger partial charge in [0, 0.05) is 11.1 Å². The van der Waals surface area contributed by atoms with Crippen LogP contribution in [0.5, 0.6) is 5.75 Å². The van der Waals surface area contributed by atoms with Crippen LogP contribution < -0.4 is 10.5 Å². The Labute approximate surface area is 113 Å². The van der Waals surface area contributed by atoms with Crippen LogP contribution in [-0.4, -0.2) is 17.8 Å². The van der Waals surface area contributed by atoms with Crippen LogP contribution in [0.25, 0.3) is 11.3 Å². The summed E-state index contributed by atoms with van der Waals surface area (Å²) in [6.07, 6.45) is 0.945. The summed E-state index contributed by atoms with van der Waals surface area (Å²) in [5.74, 6) is 1.66. The first kappa shape index (κ1) is 13.6. The molecule has 102 valence electrons. The zero-order chi connectivity index (χ0) is 13.8. The van der Waals surface area contributed by atoms with E-state index in [4.69, 9.17) is 15.0 Å². The maximum atomic E-state index is 5.63. The summed E-state index contributed by atoms with van der Waals surface area (Å²) in [5, 5.41) is 4.02. The van der Waals surface area contributed by atoms with Crippen LogP contribution in [-0.2, 0) is 6.42 Å². The Hall–Kier alpha value is -1.81. The molecule has 19 heavy (non-hydrogen) atoms. The van der Waals surface area contributed by atoms with Crippen molar-refractivity contribution in [2.24, 2.45) is 5.73 Å². The average Bonchev–Trinajstić information content (AvgIpc) is 2.72. The summed E-state index contributed by atoms with van der Waals surface area (Å²) >= 11 is 0. The van der Waals surface area contributed by atoms with Crippen LogP contribution in [0.4, 0.5) is 0 Å². The predicted octanol–water partition coefficient (Wildman–Crippen LogP) is 2.94. The van der Waals surface area contributed by atoms with E-state index < -0.39 is 0 Å². The van der Waals surface area contributed by atoms with Crippen LogP contribution in [0.3, 0.4) is 0 Å². The summed E-state index contributed by atoms with van der Waals surface area (Å²) in [6.45, 7) is 6.54. The maximum Gasteiger partial charge on any atom is 0.170 e. The third-order valence-corrected chi connectivity index (χ3v) is 2.87. The number of ether oxygens (including phenoxy) is 1. The number of nitrogens with two attached hydrogens (primary N) is 1. The molecular formula is C15H20N2O2. The van der Waals surface area contributed by atoms with Crippen LogP contribution >= 0.6 is 0 Å². The molecule has 2 rings (SSSR count). The van der Waals surface area contributed by atoms with Crippen LogP contribution in [0.15, 0.2) is 28.8 Å². The van der Waals surface area contributed by atoms with E-state index in [0.717, 1.165) is 34.8 Å². The summed E-state index contributed by atoms with van der Waals surface area (Å²) in [7, 11) is 0. The lowest BCUT2D eigenvalue weighted by Gasteiger charge is -2.09. The van der Waals surface area contributed by atoms with Gasteiger partial charge in [-0.05, 0) is 58.0 Å². The number of rotatable bonds is 5. The summed E-state index contributed by atoms with van der Waals surface area (Å²) < 4.78 is 11.0. The molecule has 0 spiro atoms. The largest absolute Gasteiger partial charge is 0.491 e. The van der Waals surface area contributed by atoms with Crippen molar-refractivity contribution in [2.45, 2.75) is 33.3 Å². The molecule has 2 N–H and O–H groups in total. The van der Waals surface area contributed by atoms with Gasteiger partial charge in [-0.15, -0.1) is 0 Å². The van der Waals surface area contributed by atoms with E-state index in [9.17, 15) is 0 Å². The molecule has 4 nitrogen and oxygen atoms in total. The van der Waals surface area contributed by atoms with Crippen molar-refractivity contribution >= 4 is 0 Å². The minimum Gasteiger partial charge on any atom is -0.491 e. The van der Waals surface area contributed by atoms with Crippen molar-refractivity contribution in [2.75, 3.05) is 6.54 Å². The molecule has 1 aromatic carbocycles. The first-order chi connectivity index (χ1) is 9.11. The second-order valence-corrected chi connectivity index (χ2v) is 4.81. The van der Waals surface area contributed by atoms with Crippen molar-refractivity contribution in [3.8, 4) is 17.1 Å². The zero-order valence-electron chi connectivity index (χ0n) is 11.6. The highest BCUT2D eigenvalue weighted by Crippen LogP contribution is 2.28. The fraction of sp³-hybridized carbons (Fsp3) is 0.400. The van der Waals surface area contributed by atoms with Crippen LogP contribution in [0.2, 0.25) is 0 Å². The Kier molecular flexibility index (Phi) is 4.22. The van der Waals surface area contributed by atoms with Gasteiger partial charge in [-0.1, -0.05) is 5.16 Å². The summed E-state index contributed by atoms with van der Waals surface area (Å²) in [4.78, 5) is 0. The van der Waals surface area contributed by atoms with Gasteiger partial charge in [-0.25, -0.2) is 0 Å². The number of hydrogen-bond donors (Lipinski definition) is 1. The topological polar surface area (TPSA) is 61.3 Å². The molecular weight excluding hydrogens is 240 g/mol. The van der Waals surface area contributed by atoms with Gasteiger partial charge in [0.1, 0.15) is 5.75 Å². The molecule has 4 heteroatoms. The Morgan fingerprint density at radius 1 is 1.26 bits per heavy atom. The van der Waals surface area contributed by atoms with Crippen LogP contribution in [0.1, 0.15) is 25.1 Å². The quantitative estimate of drug-likeness (QED) is 0.897. The summed E-state index contributed by atoms with van der Waals surface area (Å²) in [5.41, 5.74) is 8.61. The minimum atomic E-state index is 0.172. The van der Waals surface area contributed by atoms with E-state index in [2.05, 4.69) is 5.16 Å². The van der Waals surface area contributed by atoms with Gasteiger partial charge in [0.05, 0.1) is 11.8 Å². The second-order valence-electron chi connectivity index (χ2n) is 4.81. The second kappa shape index (κ2) is 5.89. The van der Waals surface area contributed by atoms with Crippen molar-refractivity contribution in [1.82, 2.24) is 5.16 Å². The lowest BCUT2D eigenvalue weighted by molar-refractivity contribution is 0.242. The zero-order valence-corrected chi connectivity index (χ0v) is 11.6. The molecule has 1 heterocycles. The molecule has 0 atom stereocenters. The molecule has 0 fully saturated rings. The maximum absolute atomic E-state index is 5.63. The van der Waals surface area contributed by atoms with Gasteiger partial charge in [0.25, 0.3) is 0 Å². The third-order valence-electron chi connectivity index (χ3n) is 2.87. The first-order valence-corrected chi connectivity index (χ1v) is 6.54. The molecule has 0 aliphatic heterocycles. The molecule has 1 aromatic heterocycles. The Morgan fingerprint density at radius 3 is 2.53 bits per heavy atom. The lowest BCUT2D eigenvalue weighted by atomic mass is 10.0. The average molecular weight is 260 g/mol. The molecule has 0 saturated carbocycles. The molecule has 0 aliphatic carbocycles. The van der Waals surface area contributed by atoms with Gasteiger partial charge in [-0.3, -0.25) is 0 Å². The van der Waals surface area contributed by atoms with Gasteiger partial charge in [-0.2, -0.15) is 0 Å². The standard InChI is InChI=1S/C15H20N2O2/c1-10(2)18-13-6-4-12(5-7-13)15-14(8-9-16)11(3)17-19-15/h4-7,10H,8-9,16H2,1-3H3. The number of benzene rings is 1. The van der Waals surface area contributed by atoms with E-state index in [0.29, 0.717) is 6.54 Å². The fourth-order valence-electron chi connectivity index (χ4n) is 2.01. The third kappa shape index (κ3) is 3.15. The Balaban J connectivity index is 2.27. The lowest BCUT2D eigenvalue weighted by Crippen LogP contribution is -2.05. The highest BCUT2D eigenvalue weighted by atomic mass is 16.5. The minimum absolute atomic E-state index is 0.172. The molecule has 0 saturated heterocycles. The monoisotopic (exact) mass is 260 g/mol. The van der Waals surface area contributed by atoms with E-state index in [1.807, 2.05) is 45.0 Å². The van der Waals surface area contributed by atoms with E-state index in [-0.39, 0.29) is 6.10 Å². The van der Waals surface area contributed by atoms with Crippen molar-refractivity contribution in [1.29, 1.82) is 0 Å². The Morgan fingerprint density at radius 2 is 1.95 bits per heavy atom. The highest BCUT2D eigenvalue weighted by Gasteiger charge is 2.14. The van der Waals surface area contributed by atoms with Crippen LogP contribution in [0, 0.1) is 6.92 Å². The molecule has 2 aromatic rings. The van der Waals surface area contributed by atoms with Gasteiger partial charge in [0.2, 0.25) is 0 Å². The number of aryl methyl sites for hydroxylation is 1. The predicted molar refractivity (Wildman–Crippen MR) is 75.2 cm³/mol.